The van der Waals surface area contributed by atoms with Gasteiger partial charge in [-0.2, -0.15) is 0 Å². The van der Waals surface area contributed by atoms with Crippen LogP contribution in [0.25, 0.3) is 10.2 Å². The molecular formula is C15H10Cl2N2OS. The highest BCUT2D eigenvalue weighted by atomic mass is 35.5. The van der Waals surface area contributed by atoms with Gasteiger partial charge >= 0.3 is 0 Å². The van der Waals surface area contributed by atoms with Gasteiger partial charge in [-0.1, -0.05) is 23.2 Å². The van der Waals surface area contributed by atoms with Crippen molar-refractivity contribution in [2.24, 2.45) is 0 Å². The van der Waals surface area contributed by atoms with E-state index in [9.17, 15) is 4.79 Å². The molecule has 0 aliphatic carbocycles. The summed E-state index contributed by atoms with van der Waals surface area (Å²) in [6.07, 6.45) is 0. The van der Waals surface area contributed by atoms with Crippen molar-refractivity contribution in [3.8, 4) is 0 Å². The third kappa shape index (κ3) is 3.18. The maximum atomic E-state index is 12.2. The van der Waals surface area contributed by atoms with Crippen LogP contribution in [0.3, 0.4) is 0 Å². The molecule has 21 heavy (non-hydrogen) atoms. The molecule has 1 aromatic heterocycles. The number of hydrogen-bond acceptors (Lipinski definition) is 3. The molecule has 1 N–H and O–H groups in total. The Morgan fingerprint density at radius 2 is 1.86 bits per heavy atom. The Hall–Kier alpha value is -1.62. The highest BCUT2D eigenvalue weighted by Crippen LogP contribution is 2.25. The number of aryl methyl sites for hydroxylation is 1. The van der Waals surface area contributed by atoms with Crippen LogP contribution in [0.4, 0.5) is 5.69 Å². The van der Waals surface area contributed by atoms with Gasteiger partial charge in [-0.05, 0) is 43.3 Å². The number of nitrogens with one attached hydrogen (secondary N) is 1. The molecule has 6 heteroatoms. The standard InChI is InChI=1S/C15H10Cl2N2OS/c1-8-18-13-7-12(2-3-14(13)21-8)19-15(20)9-4-10(16)6-11(17)5-9/h2-7H,1H3,(H,19,20). The summed E-state index contributed by atoms with van der Waals surface area (Å²) in [5.41, 5.74) is 1.98. The average Bonchev–Trinajstić information content (AvgIpc) is 2.77. The predicted molar refractivity (Wildman–Crippen MR) is 88.8 cm³/mol. The van der Waals surface area contributed by atoms with Crippen LogP contribution in [-0.2, 0) is 0 Å². The number of halogens is 2. The fourth-order valence-electron chi connectivity index (χ4n) is 2.01. The lowest BCUT2D eigenvalue weighted by atomic mass is 10.2. The number of thiazole rings is 1. The summed E-state index contributed by atoms with van der Waals surface area (Å²) in [6, 6.07) is 10.4. The molecule has 0 unspecified atom stereocenters. The fraction of sp³-hybridized carbons (Fsp3) is 0.0667. The van der Waals surface area contributed by atoms with Crippen LogP contribution in [0, 0.1) is 6.92 Å². The Balaban J connectivity index is 1.88. The summed E-state index contributed by atoms with van der Waals surface area (Å²) in [7, 11) is 0. The smallest absolute Gasteiger partial charge is 0.255 e. The molecule has 0 aliphatic heterocycles. The summed E-state index contributed by atoms with van der Waals surface area (Å²) in [6.45, 7) is 1.96. The minimum atomic E-state index is -0.259. The molecule has 0 bridgehead atoms. The minimum absolute atomic E-state index is 0.259. The molecule has 0 atom stereocenters. The van der Waals surface area contributed by atoms with E-state index in [4.69, 9.17) is 23.2 Å². The van der Waals surface area contributed by atoms with Crippen molar-refractivity contribution in [3.05, 3.63) is 57.0 Å². The van der Waals surface area contributed by atoms with Gasteiger partial charge in [-0.3, -0.25) is 4.79 Å². The van der Waals surface area contributed by atoms with Crippen molar-refractivity contribution in [1.82, 2.24) is 4.98 Å². The largest absolute Gasteiger partial charge is 0.322 e. The molecule has 1 heterocycles. The van der Waals surface area contributed by atoms with Crippen molar-refractivity contribution >= 4 is 56.3 Å². The van der Waals surface area contributed by atoms with Crippen LogP contribution >= 0.6 is 34.5 Å². The summed E-state index contributed by atoms with van der Waals surface area (Å²) in [5, 5.41) is 4.68. The third-order valence-electron chi connectivity index (χ3n) is 2.88. The minimum Gasteiger partial charge on any atom is -0.322 e. The Morgan fingerprint density at radius 1 is 1.14 bits per heavy atom. The molecule has 0 spiro atoms. The van der Waals surface area contributed by atoms with Crippen molar-refractivity contribution < 1.29 is 4.79 Å². The van der Waals surface area contributed by atoms with E-state index in [1.807, 2.05) is 25.1 Å². The van der Waals surface area contributed by atoms with Crippen LogP contribution in [-0.4, -0.2) is 10.9 Å². The van der Waals surface area contributed by atoms with Gasteiger partial charge in [0.25, 0.3) is 5.91 Å². The Morgan fingerprint density at radius 3 is 2.57 bits per heavy atom. The van der Waals surface area contributed by atoms with Crippen LogP contribution in [0.5, 0.6) is 0 Å². The number of hydrogen-bond donors (Lipinski definition) is 1. The second-order valence-corrected chi connectivity index (χ2v) is 6.64. The summed E-state index contributed by atoms with van der Waals surface area (Å²) in [5.74, 6) is -0.259. The molecular weight excluding hydrogens is 327 g/mol. The second-order valence-electron chi connectivity index (χ2n) is 4.53. The molecule has 3 nitrogen and oxygen atoms in total. The number of carbonyl (C=O) groups excluding carboxylic acids is 1. The van der Waals surface area contributed by atoms with E-state index in [0.29, 0.717) is 21.3 Å². The zero-order valence-electron chi connectivity index (χ0n) is 11.0. The molecule has 3 rings (SSSR count). The topological polar surface area (TPSA) is 42.0 Å². The Kier molecular flexibility index (Phi) is 3.85. The van der Waals surface area contributed by atoms with Crippen LogP contribution in [0.15, 0.2) is 36.4 Å². The normalized spacial score (nSPS) is 10.8. The van der Waals surface area contributed by atoms with Crippen LogP contribution in [0.1, 0.15) is 15.4 Å². The van der Waals surface area contributed by atoms with Gasteiger partial charge in [0.15, 0.2) is 0 Å². The maximum absolute atomic E-state index is 12.2. The molecule has 0 fully saturated rings. The van der Waals surface area contributed by atoms with Gasteiger partial charge in [0, 0.05) is 21.3 Å². The number of anilines is 1. The fourth-order valence-corrected chi connectivity index (χ4v) is 3.34. The number of benzene rings is 2. The van der Waals surface area contributed by atoms with E-state index in [2.05, 4.69) is 10.3 Å². The van der Waals surface area contributed by atoms with Gasteiger partial charge in [0.1, 0.15) is 0 Å². The monoisotopic (exact) mass is 336 g/mol. The summed E-state index contributed by atoms with van der Waals surface area (Å²) < 4.78 is 1.09. The lowest BCUT2D eigenvalue weighted by Gasteiger charge is -2.06. The van der Waals surface area contributed by atoms with Crippen molar-refractivity contribution in [2.45, 2.75) is 6.92 Å². The quantitative estimate of drug-likeness (QED) is 0.701. The first-order chi connectivity index (χ1) is 10.0. The SMILES string of the molecule is Cc1nc2cc(NC(=O)c3cc(Cl)cc(Cl)c3)ccc2s1. The molecule has 3 aromatic rings. The highest BCUT2D eigenvalue weighted by Gasteiger charge is 2.09. The van der Waals surface area contributed by atoms with E-state index in [0.717, 1.165) is 15.2 Å². The number of nitrogens with zero attached hydrogens (tertiary/aromatic N) is 1. The van der Waals surface area contributed by atoms with Gasteiger partial charge in [-0.25, -0.2) is 4.98 Å². The summed E-state index contributed by atoms with van der Waals surface area (Å²) in [4.78, 5) is 16.6. The summed E-state index contributed by atoms with van der Waals surface area (Å²) >= 11 is 13.4. The van der Waals surface area contributed by atoms with Gasteiger partial charge in [0.05, 0.1) is 15.2 Å². The first-order valence-electron chi connectivity index (χ1n) is 6.16. The average molecular weight is 337 g/mol. The molecule has 2 aromatic carbocycles. The van der Waals surface area contributed by atoms with Gasteiger partial charge in [-0.15, -0.1) is 11.3 Å². The first-order valence-corrected chi connectivity index (χ1v) is 7.73. The highest BCUT2D eigenvalue weighted by molar-refractivity contribution is 7.18. The zero-order valence-corrected chi connectivity index (χ0v) is 13.3. The number of carbonyl (C=O) groups is 1. The second kappa shape index (κ2) is 5.64. The molecule has 0 saturated heterocycles. The van der Waals surface area contributed by atoms with Gasteiger partial charge in [0.2, 0.25) is 0 Å². The van der Waals surface area contributed by atoms with E-state index in [1.54, 1.807) is 29.5 Å². The molecule has 0 radical (unpaired) electrons. The van der Waals surface area contributed by atoms with Crippen LogP contribution < -0.4 is 5.32 Å². The number of rotatable bonds is 2. The van der Waals surface area contributed by atoms with E-state index < -0.39 is 0 Å². The van der Waals surface area contributed by atoms with E-state index in [-0.39, 0.29) is 5.91 Å². The van der Waals surface area contributed by atoms with Crippen molar-refractivity contribution in [2.75, 3.05) is 5.32 Å². The lowest BCUT2D eigenvalue weighted by molar-refractivity contribution is 0.102. The molecule has 106 valence electrons. The Bertz CT molecular complexity index is 825. The zero-order chi connectivity index (χ0) is 15.0. The number of amides is 1. The Labute approximate surface area is 135 Å². The van der Waals surface area contributed by atoms with E-state index >= 15 is 0 Å². The van der Waals surface area contributed by atoms with E-state index in [1.165, 1.54) is 0 Å². The lowest BCUT2D eigenvalue weighted by Crippen LogP contribution is -2.11. The third-order valence-corrected chi connectivity index (χ3v) is 4.27. The van der Waals surface area contributed by atoms with Crippen LogP contribution in [0.2, 0.25) is 10.0 Å². The number of fused-ring (bicyclic) bond motifs is 1. The molecule has 1 amide bonds. The first kappa shape index (κ1) is 14.3. The van der Waals surface area contributed by atoms with Crippen molar-refractivity contribution in [3.63, 3.8) is 0 Å². The van der Waals surface area contributed by atoms with Gasteiger partial charge < -0.3 is 5.32 Å². The molecule has 0 saturated carbocycles. The predicted octanol–water partition coefficient (Wildman–Crippen LogP) is 5.16. The number of aromatic nitrogens is 1. The molecule has 0 aliphatic rings. The van der Waals surface area contributed by atoms with Crippen molar-refractivity contribution in [1.29, 1.82) is 0 Å². The maximum Gasteiger partial charge on any atom is 0.255 e.